The highest BCUT2D eigenvalue weighted by atomic mass is 35.5. The summed E-state index contributed by atoms with van der Waals surface area (Å²) in [5.41, 5.74) is 0.906. The highest BCUT2D eigenvalue weighted by molar-refractivity contribution is 5.85. The highest BCUT2D eigenvalue weighted by Crippen LogP contribution is 2.05. The van der Waals surface area contributed by atoms with Gasteiger partial charge in [-0.05, 0) is 12.1 Å². The van der Waals surface area contributed by atoms with E-state index in [0.717, 1.165) is 5.69 Å². The monoisotopic (exact) mass is 299 g/mol. The fourth-order valence-electron chi connectivity index (χ4n) is 1.71. The molecule has 1 aromatic carbocycles. The lowest BCUT2D eigenvalue weighted by Gasteiger charge is -2.21. The van der Waals surface area contributed by atoms with Crippen LogP contribution in [0.4, 0.5) is 5.69 Å². The van der Waals surface area contributed by atoms with Gasteiger partial charge in [-0.1, -0.05) is 25.1 Å². The lowest BCUT2D eigenvalue weighted by atomic mass is 10.1. The van der Waals surface area contributed by atoms with Crippen LogP contribution in [0.25, 0.3) is 0 Å². The third kappa shape index (κ3) is 5.93. The van der Waals surface area contributed by atoms with Crippen molar-refractivity contribution in [2.75, 3.05) is 32.5 Å². The molecule has 1 unspecified atom stereocenters. The molecule has 0 spiro atoms. The lowest BCUT2D eigenvalue weighted by molar-refractivity contribution is -0.130. The van der Waals surface area contributed by atoms with Gasteiger partial charge in [-0.15, -0.1) is 12.4 Å². The fourth-order valence-corrected chi connectivity index (χ4v) is 1.71. The number of para-hydroxylation sites is 1. The number of hydrogen-bond acceptors (Lipinski definition) is 3. The molecule has 6 heteroatoms. The molecule has 0 radical (unpaired) electrons. The van der Waals surface area contributed by atoms with Crippen LogP contribution in [0, 0.1) is 5.92 Å². The first-order valence-electron chi connectivity index (χ1n) is 6.29. The Morgan fingerprint density at radius 2 is 1.85 bits per heavy atom. The lowest BCUT2D eigenvalue weighted by Crippen LogP contribution is -2.39. The molecule has 0 aliphatic carbocycles. The van der Waals surface area contributed by atoms with Gasteiger partial charge in [0.2, 0.25) is 11.8 Å². The minimum absolute atomic E-state index is 0. The first-order chi connectivity index (χ1) is 9.04. The predicted octanol–water partition coefficient (Wildman–Crippen LogP) is 1.36. The summed E-state index contributed by atoms with van der Waals surface area (Å²) in [4.78, 5) is 24.8. The Morgan fingerprint density at radius 3 is 2.40 bits per heavy atom. The standard InChI is InChI=1S/C14H21N3O2.ClH/c1-11(14(19)15-2)10-17(3)13(18)9-16-12-7-5-4-6-8-12;/h4-8,11,16H,9-10H2,1-3H3,(H,15,19);1H. The van der Waals surface area contributed by atoms with E-state index in [4.69, 9.17) is 0 Å². The van der Waals surface area contributed by atoms with Crippen LogP contribution in [0.5, 0.6) is 0 Å². The SMILES string of the molecule is CNC(=O)C(C)CN(C)C(=O)CNc1ccccc1.Cl. The van der Waals surface area contributed by atoms with Gasteiger partial charge in [0.15, 0.2) is 0 Å². The van der Waals surface area contributed by atoms with E-state index in [1.165, 1.54) is 0 Å². The Morgan fingerprint density at radius 1 is 1.25 bits per heavy atom. The molecule has 20 heavy (non-hydrogen) atoms. The molecular weight excluding hydrogens is 278 g/mol. The van der Waals surface area contributed by atoms with Crippen molar-refractivity contribution in [3.05, 3.63) is 30.3 Å². The molecule has 5 nitrogen and oxygen atoms in total. The van der Waals surface area contributed by atoms with Crippen LogP contribution < -0.4 is 10.6 Å². The average Bonchev–Trinajstić information content (AvgIpc) is 2.44. The van der Waals surface area contributed by atoms with Crippen molar-refractivity contribution in [3.63, 3.8) is 0 Å². The van der Waals surface area contributed by atoms with Gasteiger partial charge >= 0.3 is 0 Å². The Labute approximate surface area is 126 Å². The summed E-state index contributed by atoms with van der Waals surface area (Å²) in [7, 11) is 3.30. The van der Waals surface area contributed by atoms with Crippen molar-refractivity contribution < 1.29 is 9.59 Å². The average molecular weight is 300 g/mol. The number of rotatable bonds is 6. The van der Waals surface area contributed by atoms with Crippen LogP contribution in [0.2, 0.25) is 0 Å². The normalized spacial score (nSPS) is 10.9. The maximum atomic E-state index is 11.9. The van der Waals surface area contributed by atoms with Crippen molar-refractivity contribution >= 4 is 29.9 Å². The van der Waals surface area contributed by atoms with E-state index in [0.29, 0.717) is 6.54 Å². The van der Waals surface area contributed by atoms with Gasteiger partial charge in [-0.25, -0.2) is 0 Å². The molecule has 2 amide bonds. The molecule has 0 saturated carbocycles. The molecule has 0 heterocycles. The Hall–Kier alpha value is -1.75. The molecule has 0 bridgehead atoms. The van der Waals surface area contributed by atoms with E-state index in [-0.39, 0.29) is 36.7 Å². The Balaban J connectivity index is 0.00000361. The third-order valence-corrected chi connectivity index (χ3v) is 2.88. The van der Waals surface area contributed by atoms with E-state index in [1.807, 2.05) is 30.3 Å². The zero-order chi connectivity index (χ0) is 14.3. The number of amides is 2. The van der Waals surface area contributed by atoms with Gasteiger partial charge in [0.05, 0.1) is 12.5 Å². The molecule has 0 aliphatic heterocycles. The van der Waals surface area contributed by atoms with E-state index < -0.39 is 0 Å². The second-order valence-electron chi connectivity index (χ2n) is 4.51. The zero-order valence-electron chi connectivity index (χ0n) is 12.1. The number of carbonyl (C=O) groups is 2. The molecule has 0 fully saturated rings. The molecule has 0 aliphatic rings. The molecule has 0 saturated heterocycles. The quantitative estimate of drug-likeness (QED) is 0.834. The van der Waals surface area contributed by atoms with Crippen molar-refractivity contribution in [1.29, 1.82) is 0 Å². The largest absolute Gasteiger partial charge is 0.376 e. The van der Waals surface area contributed by atoms with Gasteiger partial charge < -0.3 is 15.5 Å². The van der Waals surface area contributed by atoms with Gasteiger partial charge in [0, 0.05) is 26.3 Å². The van der Waals surface area contributed by atoms with Gasteiger partial charge in [0.25, 0.3) is 0 Å². The van der Waals surface area contributed by atoms with E-state index in [2.05, 4.69) is 10.6 Å². The van der Waals surface area contributed by atoms with E-state index in [9.17, 15) is 9.59 Å². The van der Waals surface area contributed by atoms with Crippen LogP contribution in [0.15, 0.2) is 30.3 Å². The summed E-state index contributed by atoms with van der Waals surface area (Å²) in [6.45, 7) is 2.43. The number of nitrogens with one attached hydrogen (secondary N) is 2. The summed E-state index contributed by atoms with van der Waals surface area (Å²) in [6, 6.07) is 9.54. The van der Waals surface area contributed by atoms with Crippen molar-refractivity contribution in [1.82, 2.24) is 10.2 Å². The minimum atomic E-state index is -0.212. The summed E-state index contributed by atoms with van der Waals surface area (Å²) < 4.78 is 0. The van der Waals surface area contributed by atoms with Gasteiger partial charge in [0.1, 0.15) is 0 Å². The first kappa shape index (κ1) is 18.2. The van der Waals surface area contributed by atoms with Crippen LogP contribution in [0.1, 0.15) is 6.92 Å². The first-order valence-corrected chi connectivity index (χ1v) is 6.29. The van der Waals surface area contributed by atoms with Crippen molar-refractivity contribution in [2.24, 2.45) is 5.92 Å². The number of halogens is 1. The molecule has 112 valence electrons. The summed E-state index contributed by atoms with van der Waals surface area (Å²) in [5, 5.41) is 5.62. The molecular formula is C14H22ClN3O2. The third-order valence-electron chi connectivity index (χ3n) is 2.88. The van der Waals surface area contributed by atoms with Crippen molar-refractivity contribution in [2.45, 2.75) is 6.92 Å². The number of likely N-dealkylation sites (N-methyl/N-ethyl adjacent to an activating group) is 1. The number of carbonyl (C=O) groups excluding carboxylic acids is 2. The predicted molar refractivity (Wildman–Crippen MR) is 83.0 cm³/mol. The maximum absolute atomic E-state index is 11.9. The van der Waals surface area contributed by atoms with Crippen LogP contribution in [0.3, 0.4) is 0 Å². The number of anilines is 1. The second kappa shape index (κ2) is 9.20. The molecule has 0 aromatic heterocycles. The topological polar surface area (TPSA) is 61.4 Å². The van der Waals surface area contributed by atoms with Gasteiger partial charge in [-0.2, -0.15) is 0 Å². The molecule has 1 rings (SSSR count). The smallest absolute Gasteiger partial charge is 0.241 e. The minimum Gasteiger partial charge on any atom is -0.376 e. The van der Waals surface area contributed by atoms with Crippen LogP contribution >= 0.6 is 12.4 Å². The van der Waals surface area contributed by atoms with E-state index >= 15 is 0 Å². The number of benzene rings is 1. The summed E-state index contributed by atoms with van der Waals surface area (Å²) in [5.74, 6) is -0.314. The second-order valence-corrected chi connectivity index (χ2v) is 4.51. The zero-order valence-corrected chi connectivity index (χ0v) is 12.9. The fraction of sp³-hybridized carbons (Fsp3) is 0.429. The maximum Gasteiger partial charge on any atom is 0.241 e. The Kier molecular flexibility index (Phi) is 8.40. The van der Waals surface area contributed by atoms with E-state index in [1.54, 1.807) is 25.9 Å². The number of hydrogen-bond donors (Lipinski definition) is 2. The van der Waals surface area contributed by atoms with Crippen molar-refractivity contribution in [3.8, 4) is 0 Å². The van der Waals surface area contributed by atoms with Gasteiger partial charge in [-0.3, -0.25) is 9.59 Å². The molecule has 1 aromatic rings. The molecule has 1 atom stereocenters. The summed E-state index contributed by atoms with van der Waals surface area (Å²) in [6.07, 6.45) is 0. The highest BCUT2D eigenvalue weighted by Gasteiger charge is 2.16. The number of nitrogens with zero attached hydrogens (tertiary/aromatic N) is 1. The van der Waals surface area contributed by atoms with Crippen LogP contribution in [-0.4, -0.2) is 43.9 Å². The van der Waals surface area contributed by atoms with Crippen LogP contribution in [-0.2, 0) is 9.59 Å². The molecule has 2 N–H and O–H groups in total. The Bertz CT molecular complexity index is 426. The summed E-state index contributed by atoms with van der Waals surface area (Å²) >= 11 is 0.